The first-order valence-corrected chi connectivity index (χ1v) is 9.70. The van der Waals surface area contributed by atoms with Gasteiger partial charge in [0.1, 0.15) is 12.2 Å². The molecule has 0 unspecified atom stereocenters. The number of benzene rings is 2. The first-order chi connectivity index (χ1) is 13.9. The van der Waals surface area contributed by atoms with Crippen LogP contribution in [0, 0.1) is 0 Å². The minimum absolute atomic E-state index is 0.0916. The maximum absolute atomic E-state index is 12.6. The molecule has 5 nitrogen and oxygen atoms in total. The Bertz CT molecular complexity index is 861. The predicted octanol–water partition coefficient (Wildman–Crippen LogP) is 4.58. The van der Waals surface area contributed by atoms with Crippen molar-refractivity contribution >= 4 is 11.9 Å². The van der Waals surface area contributed by atoms with Gasteiger partial charge in [0, 0.05) is 0 Å². The first kappa shape index (κ1) is 20.8. The molecule has 0 spiro atoms. The lowest BCUT2D eigenvalue weighted by Gasteiger charge is -2.33. The Hall–Kier alpha value is -2.92. The average molecular weight is 394 g/mol. The first-order valence-electron chi connectivity index (χ1n) is 9.70. The molecule has 0 bridgehead atoms. The lowest BCUT2D eigenvalue weighted by molar-refractivity contribution is -0.119. The minimum atomic E-state index is -0.773. The predicted molar refractivity (Wildman–Crippen MR) is 110 cm³/mol. The molecule has 0 aromatic heterocycles. The Balaban J connectivity index is 1.75. The zero-order chi connectivity index (χ0) is 20.9. The second-order valence-corrected chi connectivity index (χ2v) is 7.53. The molecule has 2 aromatic rings. The van der Waals surface area contributed by atoms with Crippen LogP contribution in [0.3, 0.4) is 0 Å². The molecular weight excluding hydrogens is 368 g/mol. The van der Waals surface area contributed by atoms with Crippen LogP contribution in [0.1, 0.15) is 47.4 Å². The largest absolute Gasteiger partial charge is 0.458 e. The molecule has 1 fully saturated rings. The summed E-state index contributed by atoms with van der Waals surface area (Å²) in [6, 6.07) is 17.5. The number of esters is 2. The summed E-state index contributed by atoms with van der Waals surface area (Å²) in [5.74, 6) is -0.945. The van der Waals surface area contributed by atoms with Crippen molar-refractivity contribution in [2.24, 2.45) is 0 Å². The van der Waals surface area contributed by atoms with E-state index in [0.717, 1.165) is 12.0 Å². The molecule has 29 heavy (non-hydrogen) atoms. The molecule has 3 rings (SSSR count). The highest BCUT2D eigenvalue weighted by Crippen LogP contribution is 2.37. The van der Waals surface area contributed by atoms with Crippen molar-refractivity contribution in [2.45, 2.75) is 44.5 Å². The number of carbonyl (C=O) groups is 2. The third kappa shape index (κ3) is 5.12. The van der Waals surface area contributed by atoms with Crippen LogP contribution in [0.4, 0.5) is 0 Å². The number of hydrogen-bond donors (Lipinski definition) is 0. The van der Waals surface area contributed by atoms with Gasteiger partial charge < -0.3 is 14.2 Å². The van der Waals surface area contributed by atoms with Crippen LogP contribution in [0.15, 0.2) is 72.8 Å². The lowest BCUT2D eigenvalue weighted by Crippen LogP contribution is -2.46. The fraction of sp³-hybridized carbons (Fsp3) is 0.333. The van der Waals surface area contributed by atoms with E-state index in [1.165, 1.54) is 0 Å². The van der Waals surface area contributed by atoms with Gasteiger partial charge in [-0.2, -0.15) is 0 Å². The quantitative estimate of drug-likeness (QED) is 0.508. The van der Waals surface area contributed by atoms with Crippen molar-refractivity contribution in [3.63, 3.8) is 0 Å². The Kier molecular flexibility index (Phi) is 6.49. The van der Waals surface area contributed by atoms with Gasteiger partial charge in [-0.3, -0.25) is 0 Å². The number of hydrogen-bond acceptors (Lipinski definition) is 5. The van der Waals surface area contributed by atoms with Crippen LogP contribution < -0.4 is 0 Å². The highest BCUT2D eigenvalue weighted by Gasteiger charge is 2.45. The molecule has 0 amide bonds. The SMILES string of the molecule is C=C(C)[C@@H]1CC[C@](C)([C@@H](COC(=O)c2ccccc2)OC(=O)c2ccccc2)O1. The molecule has 0 N–H and O–H groups in total. The van der Waals surface area contributed by atoms with Gasteiger partial charge in [-0.15, -0.1) is 0 Å². The molecule has 0 saturated carbocycles. The third-order valence-electron chi connectivity index (χ3n) is 5.18. The second kappa shape index (κ2) is 9.05. The number of ether oxygens (including phenoxy) is 3. The Morgan fingerprint density at radius 1 is 1.07 bits per heavy atom. The summed E-state index contributed by atoms with van der Waals surface area (Å²) in [4.78, 5) is 25.0. The van der Waals surface area contributed by atoms with Gasteiger partial charge >= 0.3 is 11.9 Å². The molecule has 5 heteroatoms. The molecule has 0 aliphatic carbocycles. The summed E-state index contributed by atoms with van der Waals surface area (Å²) in [6.45, 7) is 7.67. The van der Waals surface area contributed by atoms with Crippen molar-refractivity contribution in [3.8, 4) is 0 Å². The van der Waals surface area contributed by atoms with Crippen molar-refractivity contribution in [1.29, 1.82) is 0 Å². The molecule has 1 heterocycles. The molecule has 0 radical (unpaired) electrons. The molecule has 3 atom stereocenters. The van der Waals surface area contributed by atoms with Crippen LogP contribution in [-0.2, 0) is 14.2 Å². The van der Waals surface area contributed by atoms with Gasteiger partial charge in [-0.05, 0) is 51.0 Å². The van der Waals surface area contributed by atoms with Crippen LogP contribution in [-0.4, -0.2) is 36.4 Å². The van der Waals surface area contributed by atoms with Gasteiger partial charge in [0.15, 0.2) is 6.10 Å². The zero-order valence-corrected chi connectivity index (χ0v) is 16.8. The summed E-state index contributed by atoms with van der Waals surface area (Å²) in [6.07, 6.45) is 0.591. The summed E-state index contributed by atoms with van der Waals surface area (Å²) >= 11 is 0. The topological polar surface area (TPSA) is 61.8 Å². The van der Waals surface area contributed by atoms with Crippen LogP contribution in [0.2, 0.25) is 0 Å². The van der Waals surface area contributed by atoms with Crippen LogP contribution in [0.5, 0.6) is 0 Å². The van der Waals surface area contributed by atoms with E-state index < -0.39 is 23.6 Å². The van der Waals surface area contributed by atoms with E-state index in [2.05, 4.69) is 6.58 Å². The van der Waals surface area contributed by atoms with E-state index in [1.807, 2.05) is 26.0 Å². The molecule has 152 valence electrons. The second-order valence-electron chi connectivity index (χ2n) is 7.53. The van der Waals surface area contributed by atoms with Gasteiger partial charge in [-0.25, -0.2) is 9.59 Å². The lowest BCUT2D eigenvalue weighted by atomic mass is 9.95. The zero-order valence-electron chi connectivity index (χ0n) is 16.8. The van der Waals surface area contributed by atoms with E-state index in [1.54, 1.807) is 48.5 Å². The Morgan fingerprint density at radius 2 is 1.62 bits per heavy atom. The summed E-state index contributed by atoms with van der Waals surface area (Å²) < 4.78 is 17.4. The highest BCUT2D eigenvalue weighted by atomic mass is 16.6. The highest BCUT2D eigenvalue weighted by molar-refractivity contribution is 5.90. The fourth-order valence-corrected chi connectivity index (χ4v) is 3.36. The molecule has 1 saturated heterocycles. The monoisotopic (exact) mass is 394 g/mol. The normalized spacial score (nSPS) is 21.9. The van der Waals surface area contributed by atoms with Crippen molar-refractivity contribution < 1.29 is 23.8 Å². The van der Waals surface area contributed by atoms with Crippen LogP contribution >= 0.6 is 0 Å². The third-order valence-corrected chi connectivity index (χ3v) is 5.18. The Labute approximate surface area is 171 Å². The van der Waals surface area contributed by atoms with Crippen molar-refractivity contribution in [3.05, 3.63) is 83.9 Å². The smallest absolute Gasteiger partial charge is 0.338 e. The standard InChI is InChI=1S/C24H26O5/c1-17(2)20-14-15-24(3,29-20)21(28-23(26)19-12-8-5-9-13-19)16-27-22(25)18-10-6-4-7-11-18/h4-13,20-21H,1,14-16H2,2-3H3/t20-,21+,24+/m0/s1. The van der Waals surface area contributed by atoms with Crippen molar-refractivity contribution in [1.82, 2.24) is 0 Å². The van der Waals surface area contributed by atoms with E-state index in [-0.39, 0.29) is 12.7 Å². The molecule has 1 aliphatic heterocycles. The molecule has 2 aromatic carbocycles. The summed E-state index contributed by atoms with van der Waals surface area (Å²) in [5.41, 5.74) is 1.02. The number of rotatable bonds is 7. The summed E-state index contributed by atoms with van der Waals surface area (Å²) in [5, 5.41) is 0. The Morgan fingerprint density at radius 3 is 2.14 bits per heavy atom. The van der Waals surface area contributed by atoms with Gasteiger partial charge in [0.25, 0.3) is 0 Å². The van der Waals surface area contributed by atoms with Crippen LogP contribution in [0.25, 0.3) is 0 Å². The minimum Gasteiger partial charge on any atom is -0.458 e. The van der Waals surface area contributed by atoms with E-state index in [9.17, 15) is 9.59 Å². The maximum atomic E-state index is 12.6. The van der Waals surface area contributed by atoms with E-state index in [0.29, 0.717) is 17.5 Å². The van der Waals surface area contributed by atoms with E-state index >= 15 is 0 Å². The average Bonchev–Trinajstić information content (AvgIpc) is 3.15. The van der Waals surface area contributed by atoms with Gasteiger partial charge in [-0.1, -0.05) is 48.6 Å². The van der Waals surface area contributed by atoms with Crippen molar-refractivity contribution in [2.75, 3.05) is 6.61 Å². The molecule has 1 aliphatic rings. The van der Waals surface area contributed by atoms with Gasteiger partial charge in [0.05, 0.1) is 17.2 Å². The van der Waals surface area contributed by atoms with E-state index in [4.69, 9.17) is 14.2 Å². The number of carbonyl (C=O) groups excluding carboxylic acids is 2. The molecular formula is C24H26O5. The fourth-order valence-electron chi connectivity index (χ4n) is 3.36. The maximum Gasteiger partial charge on any atom is 0.338 e. The van der Waals surface area contributed by atoms with Gasteiger partial charge in [0.2, 0.25) is 0 Å². The summed E-state index contributed by atoms with van der Waals surface area (Å²) in [7, 11) is 0.